The third kappa shape index (κ3) is 5.20. The second-order valence-electron chi connectivity index (χ2n) is 9.34. The number of para-hydroxylation sites is 1. The van der Waals surface area contributed by atoms with Crippen LogP contribution in [0.4, 0.5) is 5.82 Å². The summed E-state index contributed by atoms with van der Waals surface area (Å²) in [6.07, 6.45) is 1.56. The van der Waals surface area contributed by atoms with E-state index in [0.29, 0.717) is 16.6 Å². The quantitative estimate of drug-likeness (QED) is 0.230. The Morgan fingerprint density at radius 1 is 1.12 bits per heavy atom. The van der Waals surface area contributed by atoms with Gasteiger partial charge >= 0.3 is 0 Å². The molecule has 0 saturated heterocycles. The van der Waals surface area contributed by atoms with Crippen molar-refractivity contribution in [3.05, 3.63) is 112 Å². The number of halogens is 1. The lowest BCUT2D eigenvalue weighted by molar-refractivity contribution is -0.123. The number of thiophene rings is 1. The molecule has 0 unspecified atom stereocenters. The maximum Gasteiger partial charge on any atom is 0.240 e. The first-order valence-corrected chi connectivity index (χ1v) is 15.0. The predicted octanol–water partition coefficient (Wildman–Crippen LogP) is 6.64. The van der Waals surface area contributed by atoms with Gasteiger partial charge in [0.05, 0.1) is 34.4 Å². The molecule has 1 aliphatic heterocycles. The lowest BCUT2D eigenvalue weighted by Gasteiger charge is -2.23. The van der Waals surface area contributed by atoms with E-state index in [1.54, 1.807) is 34.6 Å². The van der Waals surface area contributed by atoms with Gasteiger partial charge in [-0.25, -0.2) is 4.68 Å². The molecule has 6 rings (SSSR count). The minimum atomic E-state index is -0.294. The smallest absolute Gasteiger partial charge is 0.240 e. The van der Waals surface area contributed by atoms with Crippen molar-refractivity contribution >= 4 is 52.3 Å². The zero-order valence-corrected chi connectivity index (χ0v) is 23.9. The number of furan rings is 1. The number of nitrogens with one attached hydrogen (secondary N) is 1. The minimum Gasteiger partial charge on any atom is -0.467 e. The Kier molecular flexibility index (Phi) is 7.51. The molecule has 1 aliphatic rings. The number of hydrogen-bond acceptors (Lipinski definition) is 6. The number of carbonyl (C=O) groups excluding carboxylic acids is 2. The number of rotatable bonds is 7. The van der Waals surface area contributed by atoms with Crippen molar-refractivity contribution < 1.29 is 14.0 Å². The molecular weight excluding hydrogens is 564 g/mol. The van der Waals surface area contributed by atoms with Gasteiger partial charge < -0.3 is 9.73 Å². The third-order valence-electron chi connectivity index (χ3n) is 6.68. The van der Waals surface area contributed by atoms with Crippen LogP contribution >= 0.6 is 34.7 Å². The summed E-state index contributed by atoms with van der Waals surface area (Å²) < 4.78 is 7.18. The van der Waals surface area contributed by atoms with Crippen LogP contribution in [-0.2, 0) is 16.1 Å². The van der Waals surface area contributed by atoms with Crippen molar-refractivity contribution in [2.75, 3.05) is 17.2 Å². The Labute approximate surface area is 244 Å². The van der Waals surface area contributed by atoms with E-state index in [1.165, 1.54) is 11.8 Å². The summed E-state index contributed by atoms with van der Waals surface area (Å²) in [5, 5.41) is 10.4. The second-order valence-corrected chi connectivity index (χ2v) is 11.8. The molecule has 5 aromatic rings. The fraction of sp³-hybridized carbons (Fsp3) is 0.167. The van der Waals surface area contributed by atoms with Gasteiger partial charge in [0.2, 0.25) is 11.8 Å². The number of aryl methyl sites for hydroxylation is 1. The standard InChI is InChI=1S/C30H25ClN4O3S2/c1-19-7-2-3-11-23(19)35-30-27(28(33-35)24-12-6-14-39-24)29(20-8-4-9-21(31)15-20)40-18-26(37)34(30)17-25(36)32-16-22-10-5-13-38-22/h2-15,29H,16-18H2,1H3,(H,32,36)/t29-/m1/s1. The van der Waals surface area contributed by atoms with Crippen LogP contribution in [0.5, 0.6) is 0 Å². The second kappa shape index (κ2) is 11.4. The van der Waals surface area contributed by atoms with E-state index in [0.717, 1.165) is 32.9 Å². The monoisotopic (exact) mass is 588 g/mol. The molecule has 10 heteroatoms. The van der Waals surface area contributed by atoms with E-state index in [4.69, 9.17) is 21.1 Å². The summed E-state index contributed by atoms with van der Waals surface area (Å²) >= 11 is 9.54. The molecule has 2 aromatic carbocycles. The number of anilines is 1. The first-order chi connectivity index (χ1) is 19.5. The van der Waals surface area contributed by atoms with Crippen molar-refractivity contribution in [3.8, 4) is 16.3 Å². The van der Waals surface area contributed by atoms with E-state index in [9.17, 15) is 9.59 Å². The number of nitrogens with zero attached hydrogens (tertiary/aromatic N) is 3. The minimum absolute atomic E-state index is 0.156. The van der Waals surface area contributed by atoms with Crippen LogP contribution in [0.25, 0.3) is 16.3 Å². The SMILES string of the molecule is Cc1ccccc1-n1nc(-c2cccs2)c2c1N(CC(=O)NCc1ccco1)C(=O)CS[C@@H]2c1cccc(Cl)c1. The average molecular weight is 589 g/mol. The van der Waals surface area contributed by atoms with Gasteiger partial charge in [-0.05, 0) is 59.8 Å². The van der Waals surface area contributed by atoms with Crippen molar-refractivity contribution in [1.29, 1.82) is 0 Å². The fourth-order valence-corrected chi connectivity index (χ4v) is 6.92. The Morgan fingerprint density at radius 2 is 2.00 bits per heavy atom. The van der Waals surface area contributed by atoms with Crippen LogP contribution in [0.3, 0.4) is 0 Å². The zero-order chi connectivity index (χ0) is 27.6. The molecule has 4 heterocycles. The first-order valence-electron chi connectivity index (χ1n) is 12.7. The lowest BCUT2D eigenvalue weighted by atomic mass is 10.0. The molecule has 202 valence electrons. The highest BCUT2D eigenvalue weighted by Gasteiger charge is 2.38. The highest BCUT2D eigenvalue weighted by atomic mass is 35.5. The number of aromatic nitrogens is 2. The number of fused-ring (bicyclic) bond motifs is 1. The highest BCUT2D eigenvalue weighted by Crippen LogP contribution is 2.49. The van der Waals surface area contributed by atoms with E-state index < -0.39 is 0 Å². The molecule has 1 atom stereocenters. The van der Waals surface area contributed by atoms with E-state index in [-0.39, 0.29) is 35.9 Å². The summed E-state index contributed by atoms with van der Waals surface area (Å²) in [5.74, 6) is 0.951. The van der Waals surface area contributed by atoms with Crippen molar-refractivity contribution in [2.24, 2.45) is 0 Å². The van der Waals surface area contributed by atoms with Gasteiger partial charge in [0.15, 0.2) is 0 Å². The van der Waals surface area contributed by atoms with Crippen molar-refractivity contribution in [1.82, 2.24) is 15.1 Å². The lowest BCUT2D eigenvalue weighted by Crippen LogP contribution is -2.42. The molecule has 1 N–H and O–H groups in total. The Hall–Kier alpha value is -3.79. The van der Waals surface area contributed by atoms with Crippen molar-refractivity contribution in [2.45, 2.75) is 18.7 Å². The summed E-state index contributed by atoms with van der Waals surface area (Å²) in [4.78, 5) is 29.6. The average Bonchev–Trinajstić information content (AvgIpc) is 3.72. The van der Waals surface area contributed by atoms with Gasteiger partial charge in [-0.15, -0.1) is 23.1 Å². The normalized spacial score (nSPS) is 15.1. The predicted molar refractivity (Wildman–Crippen MR) is 160 cm³/mol. The van der Waals surface area contributed by atoms with E-state index in [1.807, 2.05) is 77.6 Å². The molecule has 0 bridgehead atoms. The number of thioether (sulfide) groups is 1. The van der Waals surface area contributed by atoms with Gasteiger partial charge in [-0.1, -0.05) is 48.0 Å². The topological polar surface area (TPSA) is 80.4 Å². The highest BCUT2D eigenvalue weighted by molar-refractivity contribution is 8.00. The Morgan fingerprint density at radius 3 is 2.75 bits per heavy atom. The molecule has 0 radical (unpaired) electrons. The van der Waals surface area contributed by atoms with Crippen LogP contribution < -0.4 is 10.2 Å². The maximum atomic E-state index is 13.8. The molecule has 3 aromatic heterocycles. The Balaban J connectivity index is 1.53. The van der Waals surface area contributed by atoms with E-state index in [2.05, 4.69) is 5.32 Å². The van der Waals surface area contributed by atoms with Crippen LogP contribution in [0, 0.1) is 6.92 Å². The number of hydrogen-bond donors (Lipinski definition) is 1. The van der Waals surface area contributed by atoms with Crippen LogP contribution in [0.2, 0.25) is 5.02 Å². The first kappa shape index (κ1) is 26.4. The van der Waals surface area contributed by atoms with Gasteiger partial charge in [0.1, 0.15) is 23.8 Å². The summed E-state index contributed by atoms with van der Waals surface area (Å²) in [6.45, 7) is 2.09. The van der Waals surface area contributed by atoms with Gasteiger partial charge in [-0.3, -0.25) is 14.5 Å². The van der Waals surface area contributed by atoms with Crippen LogP contribution in [0.15, 0.2) is 88.9 Å². The summed E-state index contributed by atoms with van der Waals surface area (Å²) in [6, 6.07) is 23.2. The summed E-state index contributed by atoms with van der Waals surface area (Å²) in [5.41, 5.74) is 4.46. The number of amides is 2. The molecule has 0 spiro atoms. The molecule has 40 heavy (non-hydrogen) atoms. The van der Waals surface area contributed by atoms with Crippen LogP contribution in [0.1, 0.15) is 27.7 Å². The van der Waals surface area contributed by atoms with Gasteiger partial charge in [0.25, 0.3) is 0 Å². The van der Waals surface area contributed by atoms with Crippen LogP contribution in [-0.4, -0.2) is 33.9 Å². The number of benzene rings is 2. The Bertz CT molecular complexity index is 1660. The summed E-state index contributed by atoms with van der Waals surface area (Å²) in [7, 11) is 0. The molecular formula is C30H25ClN4O3S2. The molecule has 2 amide bonds. The van der Waals surface area contributed by atoms with Crippen molar-refractivity contribution in [3.63, 3.8) is 0 Å². The largest absolute Gasteiger partial charge is 0.467 e. The maximum absolute atomic E-state index is 13.8. The molecule has 0 aliphatic carbocycles. The fourth-order valence-electron chi connectivity index (χ4n) is 4.81. The molecule has 7 nitrogen and oxygen atoms in total. The van der Waals surface area contributed by atoms with Gasteiger partial charge in [0, 0.05) is 10.6 Å². The third-order valence-corrected chi connectivity index (χ3v) is 9.05. The van der Waals surface area contributed by atoms with E-state index >= 15 is 0 Å². The molecule has 0 fully saturated rings. The van der Waals surface area contributed by atoms with Gasteiger partial charge in [-0.2, -0.15) is 5.10 Å². The zero-order valence-electron chi connectivity index (χ0n) is 21.5. The number of carbonyl (C=O) groups is 2. The molecule has 0 saturated carbocycles.